The summed E-state index contributed by atoms with van der Waals surface area (Å²) in [6, 6.07) is 12.9. The average Bonchev–Trinajstić information content (AvgIpc) is 3.19. The van der Waals surface area contributed by atoms with Crippen molar-refractivity contribution < 1.29 is 19.4 Å². The molecule has 180 valence electrons. The van der Waals surface area contributed by atoms with Gasteiger partial charge < -0.3 is 10.5 Å². The number of nitrogens with two attached hydrogens (primary N) is 1. The predicted molar refractivity (Wildman–Crippen MR) is 129 cm³/mol. The average molecular weight is 505 g/mol. The zero-order chi connectivity index (χ0) is 26.1. The van der Waals surface area contributed by atoms with Crippen molar-refractivity contribution in [1.82, 2.24) is 4.57 Å². The minimum absolute atomic E-state index is 0.0801. The molecular weight excluding hydrogens is 490 g/mol. The standard InChI is InChI=1S/C23H15N5O7S/c1-35-23(30)19-18(13-5-3-7-15(10-13)28(33)34)16(11-24)20(25)26-21(29)17(36-22(19)26)9-12-4-2-6-14(8-12)27(31)32/h2-10,18H,25H2,1H3/b17-9+/t18-/m1/s1. The summed E-state index contributed by atoms with van der Waals surface area (Å²) in [5.41, 5.74) is 5.48. The van der Waals surface area contributed by atoms with Crippen LogP contribution in [-0.2, 0) is 9.53 Å². The van der Waals surface area contributed by atoms with Crippen molar-refractivity contribution in [3.05, 3.63) is 105 Å². The number of thiazole rings is 1. The Bertz CT molecular complexity index is 1710. The van der Waals surface area contributed by atoms with E-state index in [2.05, 4.69) is 0 Å². The first-order valence-corrected chi connectivity index (χ1v) is 10.9. The third kappa shape index (κ3) is 4.01. The Labute approximate surface area is 205 Å². The Hall–Kier alpha value is -5.09. The Kier molecular flexibility index (Phi) is 6.20. The van der Waals surface area contributed by atoms with Crippen LogP contribution >= 0.6 is 11.3 Å². The van der Waals surface area contributed by atoms with Crippen molar-refractivity contribution in [2.75, 3.05) is 7.11 Å². The molecule has 12 nitrogen and oxygen atoms in total. The number of hydrogen-bond donors (Lipinski definition) is 1. The van der Waals surface area contributed by atoms with Crippen molar-refractivity contribution in [2.24, 2.45) is 5.73 Å². The van der Waals surface area contributed by atoms with Crippen LogP contribution in [0, 0.1) is 31.6 Å². The Morgan fingerprint density at radius 1 is 1.17 bits per heavy atom. The van der Waals surface area contributed by atoms with E-state index in [4.69, 9.17) is 10.5 Å². The first-order valence-electron chi connectivity index (χ1n) is 10.1. The number of nitro groups is 2. The first kappa shape index (κ1) is 24.0. The van der Waals surface area contributed by atoms with Gasteiger partial charge in [-0.05, 0) is 17.2 Å². The zero-order valence-electron chi connectivity index (χ0n) is 18.4. The lowest BCUT2D eigenvalue weighted by atomic mass is 9.83. The van der Waals surface area contributed by atoms with Gasteiger partial charge in [0.15, 0.2) is 0 Å². The number of carbonyl (C=O) groups excluding carboxylic acids is 1. The highest BCUT2D eigenvalue weighted by atomic mass is 32.1. The molecular formula is C23H15N5O7S. The molecule has 4 rings (SSSR count). The second-order valence-electron chi connectivity index (χ2n) is 7.51. The Balaban J connectivity index is 2.08. The van der Waals surface area contributed by atoms with Crippen molar-refractivity contribution >= 4 is 46.2 Å². The number of allylic oxidation sites excluding steroid dienone is 1. The van der Waals surface area contributed by atoms with Crippen LogP contribution in [0.2, 0.25) is 0 Å². The number of hydrogen-bond acceptors (Lipinski definition) is 10. The number of esters is 1. The van der Waals surface area contributed by atoms with Crippen molar-refractivity contribution in [3.8, 4) is 6.07 Å². The minimum atomic E-state index is -1.13. The van der Waals surface area contributed by atoms with E-state index in [0.29, 0.717) is 5.56 Å². The maximum absolute atomic E-state index is 13.3. The molecule has 0 aliphatic carbocycles. The van der Waals surface area contributed by atoms with Crippen LogP contribution in [-0.4, -0.2) is 27.5 Å². The smallest absolute Gasteiger partial charge is 0.337 e. The summed E-state index contributed by atoms with van der Waals surface area (Å²) >= 11 is 0.878. The molecule has 2 heterocycles. The SMILES string of the molecule is COC(=O)C1=c2s/c(=C/c3cccc([N+](=O)[O-])c3)c(=O)n2C(N)=C(C#N)[C@H]1c1cccc([N+](=O)[O-])c1. The molecule has 0 unspecified atom stereocenters. The van der Waals surface area contributed by atoms with Crippen LogP contribution in [0.15, 0.2) is 58.9 Å². The number of non-ortho nitro benzene ring substituents is 2. The van der Waals surface area contributed by atoms with E-state index < -0.39 is 27.3 Å². The molecule has 0 bridgehead atoms. The fraction of sp³-hybridized carbons (Fsp3) is 0.0870. The van der Waals surface area contributed by atoms with E-state index in [9.17, 15) is 35.1 Å². The zero-order valence-corrected chi connectivity index (χ0v) is 19.2. The van der Waals surface area contributed by atoms with E-state index in [1.807, 2.05) is 6.07 Å². The summed E-state index contributed by atoms with van der Waals surface area (Å²) < 4.78 is 6.11. The molecule has 1 aliphatic heterocycles. The number of nitrogens with zero attached hydrogens (tertiary/aromatic N) is 4. The lowest BCUT2D eigenvalue weighted by Gasteiger charge is -2.24. The lowest BCUT2D eigenvalue weighted by Crippen LogP contribution is -2.40. The van der Waals surface area contributed by atoms with Gasteiger partial charge in [-0.2, -0.15) is 5.26 Å². The van der Waals surface area contributed by atoms with Gasteiger partial charge in [-0.15, -0.1) is 11.3 Å². The highest BCUT2D eigenvalue weighted by Crippen LogP contribution is 2.37. The quantitative estimate of drug-likeness (QED) is 0.303. The van der Waals surface area contributed by atoms with Crippen LogP contribution in [0.25, 0.3) is 17.5 Å². The topological polar surface area (TPSA) is 184 Å². The molecule has 2 aromatic carbocycles. The van der Waals surface area contributed by atoms with E-state index >= 15 is 0 Å². The van der Waals surface area contributed by atoms with Crippen molar-refractivity contribution in [1.29, 1.82) is 5.26 Å². The van der Waals surface area contributed by atoms with Crippen molar-refractivity contribution in [2.45, 2.75) is 5.92 Å². The molecule has 13 heteroatoms. The summed E-state index contributed by atoms with van der Waals surface area (Å²) in [6.45, 7) is 0. The number of benzene rings is 2. The monoisotopic (exact) mass is 505 g/mol. The number of fused-ring (bicyclic) bond motifs is 1. The van der Waals surface area contributed by atoms with Crippen LogP contribution in [0.3, 0.4) is 0 Å². The van der Waals surface area contributed by atoms with E-state index in [-0.39, 0.29) is 43.1 Å². The number of rotatable bonds is 5. The Morgan fingerprint density at radius 3 is 2.42 bits per heavy atom. The van der Waals surface area contributed by atoms with Gasteiger partial charge in [0, 0.05) is 24.3 Å². The number of carbonyl (C=O) groups is 1. The number of nitro benzene ring substituents is 2. The van der Waals surface area contributed by atoms with Gasteiger partial charge in [0.05, 0.1) is 44.6 Å². The normalized spacial score (nSPS) is 15.3. The molecule has 0 spiro atoms. The van der Waals surface area contributed by atoms with E-state index in [1.54, 1.807) is 6.07 Å². The van der Waals surface area contributed by atoms with Gasteiger partial charge >= 0.3 is 5.97 Å². The molecule has 36 heavy (non-hydrogen) atoms. The molecule has 1 aliphatic rings. The van der Waals surface area contributed by atoms with E-state index in [1.165, 1.54) is 48.5 Å². The van der Waals surface area contributed by atoms with Crippen molar-refractivity contribution in [3.63, 3.8) is 0 Å². The fourth-order valence-corrected chi connectivity index (χ4v) is 5.05. The summed E-state index contributed by atoms with van der Waals surface area (Å²) in [7, 11) is 1.12. The van der Waals surface area contributed by atoms with Crippen LogP contribution in [0.1, 0.15) is 17.0 Å². The maximum Gasteiger partial charge on any atom is 0.337 e. The second kappa shape index (κ2) is 9.28. The number of methoxy groups -OCH3 is 1. The predicted octanol–water partition coefficient (Wildman–Crippen LogP) is 1.33. The molecule has 0 amide bonds. The third-order valence-corrected chi connectivity index (χ3v) is 6.58. The summed E-state index contributed by atoms with van der Waals surface area (Å²) in [5, 5.41) is 32.3. The van der Waals surface area contributed by atoms with Gasteiger partial charge in [0.2, 0.25) is 0 Å². The van der Waals surface area contributed by atoms with E-state index in [0.717, 1.165) is 23.0 Å². The molecule has 3 aromatic rings. The van der Waals surface area contributed by atoms with Gasteiger partial charge in [-0.25, -0.2) is 4.79 Å². The number of aromatic nitrogens is 1. The van der Waals surface area contributed by atoms with Gasteiger partial charge in [-0.3, -0.25) is 29.6 Å². The second-order valence-corrected chi connectivity index (χ2v) is 8.54. The highest BCUT2D eigenvalue weighted by molar-refractivity contribution is 7.07. The summed E-state index contributed by atoms with van der Waals surface area (Å²) in [4.78, 5) is 47.5. The first-order chi connectivity index (χ1) is 17.2. The minimum Gasteiger partial charge on any atom is -0.466 e. The number of nitriles is 1. The van der Waals surface area contributed by atoms with Gasteiger partial charge in [-0.1, -0.05) is 24.3 Å². The Morgan fingerprint density at radius 2 is 1.81 bits per heavy atom. The highest BCUT2D eigenvalue weighted by Gasteiger charge is 2.36. The third-order valence-electron chi connectivity index (χ3n) is 5.47. The van der Waals surface area contributed by atoms with Gasteiger partial charge in [0.25, 0.3) is 16.9 Å². The molecule has 0 radical (unpaired) electrons. The maximum atomic E-state index is 13.3. The largest absolute Gasteiger partial charge is 0.466 e. The molecule has 0 saturated heterocycles. The molecule has 0 fully saturated rings. The molecule has 0 saturated carbocycles. The molecule has 1 atom stereocenters. The summed E-state index contributed by atoms with van der Waals surface area (Å²) in [5.74, 6) is -2.23. The van der Waals surface area contributed by atoms with Gasteiger partial charge in [0.1, 0.15) is 10.5 Å². The van der Waals surface area contributed by atoms with Crippen LogP contribution < -0.4 is 20.5 Å². The molecule has 1 aromatic heterocycles. The lowest BCUT2D eigenvalue weighted by molar-refractivity contribution is -0.385. The molecule has 2 N–H and O–H groups in total. The van der Waals surface area contributed by atoms with Crippen LogP contribution in [0.5, 0.6) is 0 Å². The summed E-state index contributed by atoms with van der Waals surface area (Å²) in [6.07, 6.45) is 1.40. The van der Waals surface area contributed by atoms with Crippen LogP contribution in [0.4, 0.5) is 11.4 Å². The number of ether oxygens (including phenoxy) is 1. The fourth-order valence-electron chi connectivity index (χ4n) is 3.89.